The van der Waals surface area contributed by atoms with E-state index in [0.717, 1.165) is 29.8 Å². The van der Waals surface area contributed by atoms with Gasteiger partial charge in [0.25, 0.3) is 0 Å². The van der Waals surface area contributed by atoms with Crippen LogP contribution in [0.4, 0.5) is 5.69 Å². The minimum absolute atomic E-state index is 0.719. The summed E-state index contributed by atoms with van der Waals surface area (Å²) in [6, 6.07) is 8.61. The van der Waals surface area contributed by atoms with Crippen LogP contribution in [0.3, 0.4) is 0 Å². The van der Waals surface area contributed by atoms with Crippen LogP contribution in [0.15, 0.2) is 24.3 Å². The summed E-state index contributed by atoms with van der Waals surface area (Å²) < 4.78 is 0. The van der Waals surface area contributed by atoms with Crippen LogP contribution < -0.4 is 5.32 Å². The van der Waals surface area contributed by atoms with E-state index < -0.39 is 0 Å². The zero-order chi connectivity index (χ0) is 13.0. The minimum Gasteiger partial charge on any atom is -0.384 e. The molecule has 0 bridgehead atoms. The third kappa shape index (κ3) is 3.87. The van der Waals surface area contributed by atoms with Gasteiger partial charge in [-0.1, -0.05) is 17.7 Å². The van der Waals surface area contributed by atoms with Gasteiger partial charge in [0.2, 0.25) is 0 Å². The van der Waals surface area contributed by atoms with Gasteiger partial charge in [0, 0.05) is 36.4 Å². The van der Waals surface area contributed by atoms with Gasteiger partial charge in [-0.25, -0.2) is 0 Å². The maximum absolute atomic E-state index is 5.95. The van der Waals surface area contributed by atoms with Crippen molar-refractivity contribution in [3.05, 3.63) is 29.3 Å². The number of rotatable bonds is 5. The summed E-state index contributed by atoms with van der Waals surface area (Å²) in [5.74, 6) is 0. The highest BCUT2D eigenvalue weighted by atomic mass is 35.5. The summed E-state index contributed by atoms with van der Waals surface area (Å²) in [6.45, 7) is 4.46. The second kappa shape index (κ2) is 6.41. The second-order valence-electron chi connectivity index (χ2n) is 5.14. The molecular formula is C14H22ClN3. The monoisotopic (exact) mass is 267 g/mol. The maximum atomic E-state index is 5.95. The molecule has 18 heavy (non-hydrogen) atoms. The zero-order valence-electron chi connectivity index (χ0n) is 11.2. The lowest BCUT2D eigenvalue weighted by atomic mass is 10.2. The Kier molecular flexibility index (Phi) is 4.87. The molecule has 1 aromatic carbocycles. The number of benzene rings is 1. The lowest BCUT2D eigenvalue weighted by Gasteiger charge is -2.20. The molecule has 0 aromatic heterocycles. The Bertz CT molecular complexity index is 381. The van der Waals surface area contributed by atoms with Crippen LogP contribution in [0.1, 0.15) is 6.42 Å². The van der Waals surface area contributed by atoms with Crippen molar-refractivity contribution in [2.45, 2.75) is 12.5 Å². The normalized spacial score (nSPS) is 20.6. The van der Waals surface area contributed by atoms with E-state index in [2.05, 4.69) is 35.3 Å². The Morgan fingerprint density at radius 3 is 2.94 bits per heavy atom. The van der Waals surface area contributed by atoms with Gasteiger partial charge >= 0.3 is 0 Å². The molecule has 0 aliphatic carbocycles. The van der Waals surface area contributed by atoms with Gasteiger partial charge in [-0.15, -0.1) is 0 Å². The molecule has 1 aliphatic rings. The molecule has 1 aliphatic heterocycles. The molecule has 1 saturated heterocycles. The average Bonchev–Trinajstić information content (AvgIpc) is 2.78. The Morgan fingerprint density at radius 2 is 2.28 bits per heavy atom. The fourth-order valence-electron chi connectivity index (χ4n) is 2.39. The molecular weight excluding hydrogens is 246 g/mol. The standard InChI is InChI=1S/C14H22ClN3/c1-17(2)14-6-8-18(11-14)9-7-16-13-5-3-4-12(15)10-13/h3-5,10,14,16H,6-9,11H2,1-2H3. The van der Waals surface area contributed by atoms with Crippen molar-refractivity contribution in [3.8, 4) is 0 Å². The number of likely N-dealkylation sites (N-methyl/N-ethyl adjacent to an activating group) is 1. The molecule has 1 atom stereocenters. The van der Waals surface area contributed by atoms with Gasteiger partial charge in [0.1, 0.15) is 0 Å². The molecule has 2 rings (SSSR count). The van der Waals surface area contributed by atoms with E-state index in [1.807, 2.05) is 18.2 Å². The molecule has 1 heterocycles. The number of halogens is 1. The molecule has 1 aromatic rings. The predicted octanol–water partition coefficient (Wildman–Crippen LogP) is 2.39. The second-order valence-corrected chi connectivity index (χ2v) is 5.58. The molecule has 4 heteroatoms. The molecule has 0 spiro atoms. The van der Waals surface area contributed by atoms with Crippen molar-refractivity contribution >= 4 is 17.3 Å². The van der Waals surface area contributed by atoms with Gasteiger partial charge in [0.05, 0.1) is 0 Å². The van der Waals surface area contributed by atoms with Crippen molar-refractivity contribution < 1.29 is 0 Å². The fraction of sp³-hybridized carbons (Fsp3) is 0.571. The molecule has 1 unspecified atom stereocenters. The van der Waals surface area contributed by atoms with E-state index in [1.165, 1.54) is 19.5 Å². The first-order valence-electron chi connectivity index (χ1n) is 6.53. The molecule has 1 fully saturated rings. The Morgan fingerprint density at radius 1 is 1.44 bits per heavy atom. The van der Waals surface area contributed by atoms with Crippen LogP contribution in [-0.2, 0) is 0 Å². The lowest BCUT2D eigenvalue weighted by molar-refractivity contribution is 0.273. The van der Waals surface area contributed by atoms with Gasteiger partial charge in [0.15, 0.2) is 0 Å². The quantitative estimate of drug-likeness (QED) is 0.884. The predicted molar refractivity (Wildman–Crippen MR) is 78.5 cm³/mol. The smallest absolute Gasteiger partial charge is 0.0426 e. The highest BCUT2D eigenvalue weighted by Crippen LogP contribution is 2.15. The van der Waals surface area contributed by atoms with Crippen molar-refractivity contribution in [1.29, 1.82) is 0 Å². The number of nitrogens with one attached hydrogen (secondary N) is 1. The fourth-order valence-corrected chi connectivity index (χ4v) is 2.58. The van der Waals surface area contributed by atoms with E-state index >= 15 is 0 Å². The van der Waals surface area contributed by atoms with Crippen molar-refractivity contribution in [2.75, 3.05) is 45.6 Å². The number of hydrogen-bond acceptors (Lipinski definition) is 3. The number of anilines is 1. The highest BCUT2D eigenvalue weighted by molar-refractivity contribution is 6.30. The first-order chi connectivity index (χ1) is 8.65. The summed E-state index contributed by atoms with van der Waals surface area (Å²) in [4.78, 5) is 4.84. The zero-order valence-corrected chi connectivity index (χ0v) is 12.0. The van der Waals surface area contributed by atoms with Crippen LogP contribution in [0.25, 0.3) is 0 Å². The first kappa shape index (κ1) is 13.7. The van der Waals surface area contributed by atoms with Gasteiger partial charge in [-0.2, -0.15) is 0 Å². The van der Waals surface area contributed by atoms with Crippen LogP contribution in [0, 0.1) is 0 Å². The summed E-state index contributed by atoms with van der Waals surface area (Å²) in [5, 5.41) is 4.20. The number of likely N-dealkylation sites (tertiary alicyclic amines) is 1. The Labute approximate surface area is 115 Å². The van der Waals surface area contributed by atoms with Crippen LogP contribution in [-0.4, -0.2) is 56.1 Å². The van der Waals surface area contributed by atoms with Crippen molar-refractivity contribution in [2.24, 2.45) is 0 Å². The topological polar surface area (TPSA) is 18.5 Å². The van der Waals surface area contributed by atoms with Gasteiger partial charge in [-0.3, -0.25) is 4.90 Å². The van der Waals surface area contributed by atoms with Crippen molar-refractivity contribution in [3.63, 3.8) is 0 Å². The SMILES string of the molecule is CN(C)C1CCN(CCNc2cccc(Cl)c2)C1. The van der Waals surface area contributed by atoms with E-state index in [-0.39, 0.29) is 0 Å². The minimum atomic E-state index is 0.719. The van der Waals surface area contributed by atoms with Gasteiger partial charge < -0.3 is 10.2 Å². The van der Waals surface area contributed by atoms with E-state index in [1.54, 1.807) is 0 Å². The van der Waals surface area contributed by atoms with E-state index in [4.69, 9.17) is 11.6 Å². The van der Waals surface area contributed by atoms with Crippen LogP contribution in [0.2, 0.25) is 5.02 Å². The number of nitrogens with zero attached hydrogens (tertiary/aromatic N) is 2. The molecule has 100 valence electrons. The summed E-state index contributed by atoms with van der Waals surface area (Å²) in [5.41, 5.74) is 1.10. The lowest BCUT2D eigenvalue weighted by Crippen LogP contribution is -2.33. The van der Waals surface area contributed by atoms with Gasteiger partial charge in [-0.05, 0) is 45.3 Å². The Hall–Kier alpha value is -0.770. The summed E-state index contributed by atoms with van der Waals surface area (Å²) >= 11 is 5.95. The molecule has 0 radical (unpaired) electrons. The maximum Gasteiger partial charge on any atom is 0.0426 e. The highest BCUT2D eigenvalue weighted by Gasteiger charge is 2.22. The average molecular weight is 268 g/mol. The molecule has 3 nitrogen and oxygen atoms in total. The van der Waals surface area contributed by atoms with Crippen LogP contribution >= 0.6 is 11.6 Å². The van der Waals surface area contributed by atoms with Crippen LogP contribution in [0.5, 0.6) is 0 Å². The third-order valence-electron chi connectivity index (χ3n) is 3.56. The number of hydrogen-bond donors (Lipinski definition) is 1. The largest absolute Gasteiger partial charge is 0.384 e. The summed E-state index contributed by atoms with van der Waals surface area (Å²) in [7, 11) is 4.33. The molecule has 1 N–H and O–H groups in total. The summed E-state index contributed by atoms with van der Waals surface area (Å²) in [6.07, 6.45) is 1.28. The first-order valence-corrected chi connectivity index (χ1v) is 6.91. The molecule has 0 amide bonds. The molecule has 0 saturated carbocycles. The third-order valence-corrected chi connectivity index (χ3v) is 3.79. The van der Waals surface area contributed by atoms with Crippen molar-refractivity contribution in [1.82, 2.24) is 9.80 Å². The van der Waals surface area contributed by atoms with E-state index in [0.29, 0.717) is 0 Å². The Balaban J connectivity index is 1.70. The van der Waals surface area contributed by atoms with E-state index in [9.17, 15) is 0 Å².